The van der Waals surface area contributed by atoms with Gasteiger partial charge in [0.05, 0.1) is 5.56 Å². The Bertz CT molecular complexity index is 407. The molecule has 1 aromatic rings. The van der Waals surface area contributed by atoms with Crippen molar-refractivity contribution in [1.29, 1.82) is 5.26 Å². The summed E-state index contributed by atoms with van der Waals surface area (Å²) in [6.45, 7) is 4.40. The van der Waals surface area contributed by atoms with E-state index < -0.39 is 0 Å². The van der Waals surface area contributed by atoms with E-state index in [0.717, 1.165) is 12.1 Å². The van der Waals surface area contributed by atoms with Crippen molar-refractivity contribution in [2.75, 3.05) is 11.1 Å². The van der Waals surface area contributed by atoms with Crippen LogP contribution in [0.5, 0.6) is 0 Å². The molecular weight excluding hydrogens is 222 g/mol. The van der Waals surface area contributed by atoms with Gasteiger partial charge in [-0.15, -0.1) is 0 Å². The number of nitrogens with one attached hydrogen (secondary N) is 1. The van der Waals surface area contributed by atoms with Gasteiger partial charge in [-0.05, 0) is 31.5 Å². The van der Waals surface area contributed by atoms with E-state index in [-0.39, 0.29) is 0 Å². The lowest BCUT2D eigenvalue weighted by Gasteiger charge is -2.15. The van der Waals surface area contributed by atoms with Crippen molar-refractivity contribution in [3.63, 3.8) is 0 Å². The average molecular weight is 245 g/mol. The lowest BCUT2D eigenvalue weighted by molar-refractivity contribution is 0.594. The molecule has 1 rings (SSSR count). The van der Waals surface area contributed by atoms with Gasteiger partial charge in [0.1, 0.15) is 6.07 Å². The number of hydrogen-bond acceptors (Lipinski definition) is 3. The third kappa shape index (κ3) is 4.67. The minimum atomic E-state index is 0.428. The highest BCUT2D eigenvalue weighted by Crippen LogP contribution is 2.18. The molecule has 0 amide bonds. The summed E-state index contributed by atoms with van der Waals surface area (Å²) >= 11 is 0. The standard InChI is InChI=1S/C15H23N3/c1-3-4-5-6-7-12(2)18-14-8-9-15(17)13(10-14)11-16/h8-10,12,18H,3-7,17H2,1-2H3. The van der Waals surface area contributed by atoms with Crippen molar-refractivity contribution >= 4 is 11.4 Å². The highest BCUT2D eigenvalue weighted by Gasteiger charge is 2.04. The van der Waals surface area contributed by atoms with Crippen LogP contribution in [0.2, 0.25) is 0 Å². The summed E-state index contributed by atoms with van der Waals surface area (Å²) in [7, 11) is 0. The molecule has 0 aliphatic heterocycles. The molecule has 0 aromatic heterocycles. The van der Waals surface area contributed by atoms with Crippen LogP contribution in [-0.2, 0) is 0 Å². The second kappa shape index (κ2) is 7.60. The molecule has 0 bridgehead atoms. The lowest BCUT2D eigenvalue weighted by atomic mass is 10.1. The number of hydrogen-bond donors (Lipinski definition) is 2. The van der Waals surface area contributed by atoms with Crippen molar-refractivity contribution in [3.8, 4) is 6.07 Å². The normalized spacial score (nSPS) is 11.8. The fourth-order valence-corrected chi connectivity index (χ4v) is 1.98. The van der Waals surface area contributed by atoms with Gasteiger partial charge >= 0.3 is 0 Å². The average Bonchev–Trinajstić information content (AvgIpc) is 2.37. The van der Waals surface area contributed by atoms with Crippen LogP contribution in [0.15, 0.2) is 18.2 Å². The Hall–Kier alpha value is -1.69. The van der Waals surface area contributed by atoms with Crippen LogP contribution in [-0.4, -0.2) is 6.04 Å². The van der Waals surface area contributed by atoms with Crippen LogP contribution in [0.1, 0.15) is 51.5 Å². The molecule has 1 aromatic carbocycles. The van der Waals surface area contributed by atoms with E-state index in [1.807, 2.05) is 12.1 Å². The van der Waals surface area contributed by atoms with Crippen molar-refractivity contribution in [3.05, 3.63) is 23.8 Å². The molecule has 0 aliphatic carbocycles. The predicted molar refractivity (Wildman–Crippen MR) is 77.4 cm³/mol. The highest BCUT2D eigenvalue weighted by atomic mass is 14.9. The Morgan fingerprint density at radius 2 is 2.11 bits per heavy atom. The number of nitrogens with two attached hydrogens (primary N) is 1. The quantitative estimate of drug-likeness (QED) is 0.565. The first-order valence-electron chi connectivity index (χ1n) is 6.73. The van der Waals surface area contributed by atoms with Gasteiger partial charge in [-0.3, -0.25) is 0 Å². The zero-order valence-corrected chi connectivity index (χ0v) is 11.4. The highest BCUT2D eigenvalue weighted by molar-refractivity contribution is 5.62. The van der Waals surface area contributed by atoms with E-state index in [1.165, 1.54) is 25.7 Å². The Kier molecular flexibility index (Phi) is 6.07. The summed E-state index contributed by atoms with van der Waals surface area (Å²) in [5, 5.41) is 12.3. The maximum absolute atomic E-state index is 8.92. The molecule has 0 saturated carbocycles. The molecule has 1 atom stereocenters. The summed E-state index contributed by atoms with van der Waals surface area (Å²) in [5.41, 5.74) is 7.75. The molecule has 3 heteroatoms. The summed E-state index contributed by atoms with van der Waals surface area (Å²) in [4.78, 5) is 0. The fraction of sp³-hybridized carbons (Fsp3) is 0.533. The summed E-state index contributed by atoms with van der Waals surface area (Å²) in [6, 6.07) is 8.06. The van der Waals surface area contributed by atoms with Crippen molar-refractivity contribution in [1.82, 2.24) is 0 Å². The maximum Gasteiger partial charge on any atom is 0.101 e. The molecule has 0 fully saturated rings. The van der Waals surface area contributed by atoms with Crippen LogP contribution in [0.3, 0.4) is 0 Å². The summed E-state index contributed by atoms with van der Waals surface area (Å²) < 4.78 is 0. The molecule has 0 spiro atoms. The molecule has 3 nitrogen and oxygen atoms in total. The largest absolute Gasteiger partial charge is 0.398 e. The van der Waals surface area contributed by atoms with E-state index in [4.69, 9.17) is 11.0 Å². The van der Waals surface area contributed by atoms with E-state index in [2.05, 4.69) is 25.2 Å². The van der Waals surface area contributed by atoms with E-state index in [1.54, 1.807) is 6.07 Å². The van der Waals surface area contributed by atoms with Gasteiger partial charge < -0.3 is 11.1 Å². The number of nitriles is 1. The lowest BCUT2D eigenvalue weighted by Crippen LogP contribution is -2.15. The molecule has 18 heavy (non-hydrogen) atoms. The molecule has 0 saturated heterocycles. The van der Waals surface area contributed by atoms with Crippen LogP contribution in [0.4, 0.5) is 11.4 Å². The van der Waals surface area contributed by atoms with Crippen LogP contribution < -0.4 is 11.1 Å². The summed E-state index contributed by atoms with van der Waals surface area (Å²) in [5.74, 6) is 0. The first kappa shape index (κ1) is 14.4. The smallest absolute Gasteiger partial charge is 0.101 e. The molecular formula is C15H23N3. The Morgan fingerprint density at radius 1 is 1.33 bits per heavy atom. The molecule has 0 radical (unpaired) electrons. The Labute approximate surface area is 110 Å². The van der Waals surface area contributed by atoms with Crippen LogP contribution >= 0.6 is 0 Å². The number of rotatable bonds is 7. The number of anilines is 2. The van der Waals surface area contributed by atoms with Gasteiger partial charge in [-0.2, -0.15) is 5.26 Å². The molecule has 98 valence electrons. The number of nitrogens with zero attached hydrogens (tertiary/aromatic N) is 1. The minimum Gasteiger partial charge on any atom is -0.398 e. The van der Waals surface area contributed by atoms with Gasteiger partial charge in [0.25, 0.3) is 0 Å². The first-order chi connectivity index (χ1) is 8.67. The van der Waals surface area contributed by atoms with Gasteiger partial charge in [0.15, 0.2) is 0 Å². The van der Waals surface area contributed by atoms with Gasteiger partial charge in [0, 0.05) is 17.4 Å². The van der Waals surface area contributed by atoms with Crippen LogP contribution in [0.25, 0.3) is 0 Å². The third-order valence-electron chi connectivity index (χ3n) is 3.08. The Morgan fingerprint density at radius 3 is 2.78 bits per heavy atom. The second-order valence-corrected chi connectivity index (χ2v) is 4.81. The number of nitrogen functional groups attached to an aromatic ring is 1. The van der Waals surface area contributed by atoms with Crippen molar-refractivity contribution in [2.45, 2.75) is 52.0 Å². The number of benzene rings is 1. The van der Waals surface area contributed by atoms with Crippen LogP contribution in [0, 0.1) is 11.3 Å². The zero-order valence-electron chi connectivity index (χ0n) is 11.4. The van der Waals surface area contributed by atoms with Gasteiger partial charge in [-0.25, -0.2) is 0 Å². The van der Waals surface area contributed by atoms with Gasteiger partial charge in [0.2, 0.25) is 0 Å². The van der Waals surface area contributed by atoms with E-state index >= 15 is 0 Å². The predicted octanol–water partition coefficient (Wildman–Crippen LogP) is 3.91. The van der Waals surface area contributed by atoms with E-state index in [0.29, 0.717) is 17.3 Å². The molecule has 0 heterocycles. The molecule has 3 N–H and O–H groups in total. The first-order valence-corrected chi connectivity index (χ1v) is 6.73. The van der Waals surface area contributed by atoms with Crippen molar-refractivity contribution < 1.29 is 0 Å². The maximum atomic E-state index is 8.92. The van der Waals surface area contributed by atoms with Gasteiger partial charge in [-0.1, -0.05) is 32.6 Å². The topological polar surface area (TPSA) is 61.8 Å². The Balaban J connectivity index is 2.44. The second-order valence-electron chi connectivity index (χ2n) is 4.81. The monoisotopic (exact) mass is 245 g/mol. The third-order valence-corrected chi connectivity index (χ3v) is 3.08. The zero-order chi connectivity index (χ0) is 13.4. The SMILES string of the molecule is CCCCCCC(C)Nc1ccc(N)c(C#N)c1. The van der Waals surface area contributed by atoms with Crippen molar-refractivity contribution in [2.24, 2.45) is 0 Å². The summed E-state index contributed by atoms with van der Waals surface area (Å²) in [6.07, 6.45) is 6.29. The minimum absolute atomic E-state index is 0.428. The molecule has 1 unspecified atom stereocenters. The van der Waals surface area contributed by atoms with E-state index in [9.17, 15) is 0 Å². The number of unbranched alkanes of at least 4 members (excludes halogenated alkanes) is 3. The fourth-order valence-electron chi connectivity index (χ4n) is 1.98. The molecule has 0 aliphatic rings.